The topological polar surface area (TPSA) is 49.3 Å². The molecule has 0 aromatic heterocycles. The number of anilines is 1. The van der Waals surface area contributed by atoms with Crippen LogP contribution in [0.2, 0.25) is 0 Å². The highest BCUT2D eigenvalue weighted by atomic mass is 16.3. The zero-order chi connectivity index (χ0) is 10.8. The number of aliphatic hydroxyl groups is 1. The van der Waals surface area contributed by atoms with Crippen LogP contribution in [0, 0.1) is 11.8 Å². The van der Waals surface area contributed by atoms with Crippen molar-refractivity contribution in [2.45, 2.75) is 20.0 Å². The first-order valence-corrected chi connectivity index (χ1v) is 5.22. The number of carbonyl (C=O) groups is 1. The Morgan fingerprint density at radius 1 is 1.53 bits per heavy atom. The monoisotopic (exact) mass is 205 g/mol. The predicted molar refractivity (Wildman–Crippen MR) is 58.3 cm³/mol. The first kappa shape index (κ1) is 10.2. The molecule has 1 aromatic rings. The van der Waals surface area contributed by atoms with Crippen LogP contribution in [0.25, 0.3) is 0 Å². The highest BCUT2D eigenvalue weighted by Crippen LogP contribution is 2.38. The minimum atomic E-state index is -0.0450. The van der Waals surface area contributed by atoms with Gasteiger partial charge in [-0.15, -0.1) is 0 Å². The number of hydrogen-bond acceptors (Lipinski definition) is 2. The molecule has 1 fully saturated rings. The maximum Gasteiger partial charge on any atom is 0.227 e. The van der Waals surface area contributed by atoms with Crippen molar-refractivity contribution in [2.24, 2.45) is 11.8 Å². The van der Waals surface area contributed by atoms with Gasteiger partial charge in [-0.1, -0.05) is 25.1 Å². The lowest BCUT2D eigenvalue weighted by Crippen LogP contribution is -2.15. The van der Waals surface area contributed by atoms with E-state index in [1.165, 1.54) is 0 Å². The van der Waals surface area contributed by atoms with Gasteiger partial charge in [0.05, 0.1) is 6.61 Å². The molecule has 2 rings (SSSR count). The summed E-state index contributed by atoms with van der Waals surface area (Å²) in [6.45, 7) is 2.03. The molecule has 1 aromatic carbocycles. The van der Waals surface area contributed by atoms with Gasteiger partial charge < -0.3 is 10.4 Å². The molecule has 1 aliphatic carbocycles. The van der Waals surface area contributed by atoms with Gasteiger partial charge in [-0.05, 0) is 18.4 Å². The third kappa shape index (κ3) is 2.18. The fraction of sp³-hybridized carbons (Fsp3) is 0.417. The van der Waals surface area contributed by atoms with Crippen LogP contribution >= 0.6 is 0 Å². The second-order valence-electron chi connectivity index (χ2n) is 4.12. The zero-order valence-corrected chi connectivity index (χ0v) is 8.73. The lowest BCUT2D eigenvalue weighted by molar-refractivity contribution is -0.117. The number of amides is 1. The summed E-state index contributed by atoms with van der Waals surface area (Å²) in [5, 5.41) is 11.9. The normalized spacial score (nSPS) is 23.6. The second-order valence-corrected chi connectivity index (χ2v) is 4.12. The summed E-state index contributed by atoms with van der Waals surface area (Å²) in [4.78, 5) is 11.7. The van der Waals surface area contributed by atoms with Gasteiger partial charge in [0.25, 0.3) is 0 Å². The van der Waals surface area contributed by atoms with Crippen LogP contribution in [0.5, 0.6) is 0 Å². The largest absolute Gasteiger partial charge is 0.392 e. The molecule has 2 atom stereocenters. The Balaban J connectivity index is 2.06. The highest BCUT2D eigenvalue weighted by Gasteiger charge is 2.39. The van der Waals surface area contributed by atoms with Crippen molar-refractivity contribution in [3.8, 4) is 0 Å². The van der Waals surface area contributed by atoms with Crippen molar-refractivity contribution in [1.29, 1.82) is 0 Å². The number of carbonyl (C=O) groups excluding carboxylic acids is 1. The summed E-state index contributed by atoms with van der Waals surface area (Å²) in [7, 11) is 0. The van der Waals surface area contributed by atoms with Crippen LogP contribution in [-0.4, -0.2) is 11.0 Å². The van der Waals surface area contributed by atoms with Crippen molar-refractivity contribution < 1.29 is 9.90 Å². The van der Waals surface area contributed by atoms with Crippen LogP contribution < -0.4 is 5.32 Å². The number of aliphatic hydroxyl groups excluding tert-OH is 1. The number of hydrogen-bond donors (Lipinski definition) is 2. The molecule has 2 N–H and O–H groups in total. The van der Waals surface area contributed by atoms with Crippen LogP contribution in [0.4, 0.5) is 5.69 Å². The molecule has 1 saturated carbocycles. The SMILES string of the molecule is CC1CC1C(=O)Nc1ccccc1CO. The van der Waals surface area contributed by atoms with Crippen LogP contribution in [0.3, 0.4) is 0 Å². The maximum absolute atomic E-state index is 11.7. The lowest BCUT2D eigenvalue weighted by atomic mass is 10.2. The maximum atomic E-state index is 11.7. The molecule has 2 unspecified atom stereocenters. The van der Waals surface area contributed by atoms with Gasteiger partial charge in [0, 0.05) is 17.2 Å². The number of para-hydroxylation sites is 1. The van der Waals surface area contributed by atoms with E-state index in [-0.39, 0.29) is 18.4 Å². The third-order valence-corrected chi connectivity index (χ3v) is 2.89. The van der Waals surface area contributed by atoms with Gasteiger partial charge in [0.15, 0.2) is 0 Å². The van der Waals surface area contributed by atoms with Gasteiger partial charge in [0.1, 0.15) is 0 Å². The van der Waals surface area contributed by atoms with Crippen LogP contribution in [0.15, 0.2) is 24.3 Å². The summed E-state index contributed by atoms with van der Waals surface area (Å²) < 4.78 is 0. The van der Waals surface area contributed by atoms with E-state index in [1.54, 1.807) is 0 Å². The van der Waals surface area contributed by atoms with E-state index in [0.29, 0.717) is 5.92 Å². The first-order chi connectivity index (χ1) is 7.22. The summed E-state index contributed by atoms with van der Waals surface area (Å²) in [6, 6.07) is 7.33. The van der Waals surface area contributed by atoms with Crippen molar-refractivity contribution in [2.75, 3.05) is 5.32 Å². The predicted octanol–water partition coefficient (Wildman–Crippen LogP) is 1.77. The van der Waals surface area contributed by atoms with Gasteiger partial charge in [-0.2, -0.15) is 0 Å². The lowest BCUT2D eigenvalue weighted by Gasteiger charge is -2.08. The Morgan fingerprint density at radius 2 is 2.20 bits per heavy atom. The minimum absolute atomic E-state index is 0.0450. The molecule has 80 valence electrons. The Labute approximate surface area is 89.1 Å². The van der Waals surface area contributed by atoms with Gasteiger partial charge >= 0.3 is 0 Å². The highest BCUT2D eigenvalue weighted by molar-refractivity contribution is 5.95. The molecule has 1 amide bonds. The Kier molecular flexibility index (Phi) is 2.73. The van der Waals surface area contributed by atoms with Gasteiger partial charge in [-0.25, -0.2) is 0 Å². The fourth-order valence-corrected chi connectivity index (χ4v) is 1.69. The van der Waals surface area contributed by atoms with Crippen LogP contribution in [-0.2, 0) is 11.4 Å². The summed E-state index contributed by atoms with van der Waals surface area (Å²) in [5.41, 5.74) is 1.49. The Morgan fingerprint density at radius 3 is 2.80 bits per heavy atom. The van der Waals surface area contributed by atoms with E-state index in [4.69, 9.17) is 5.11 Å². The summed E-state index contributed by atoms with van der Waals surface area (Å²) in [5.74, 6) is 0.742. The van der Waals surface area contributed by atoms with Crippen LogP contribution in [0.1, 0.15) is 18.9 Å². The molecule has 1 aliphatic rings. The molecule has 15 heavy (non-hydrogen) atoms. The quantitative estimate of drug-likeness (QED) is 0.790. The molecule has 0 radical (unpaired) electrons. The average molecular weight is 205 g/mol. The molecule has 3 heteroatoms. The van der Waals surface area contributed by atoms with Crippen molar-refractivity contribution in [1.82, 2.24) is 0 Å². The number of rotatable bonds is 3. The fourth-order valence-electron chi connectivity index (χ4n) is 1.69. The molecule has 0 spiro atoms. The zero-order valence-electron chi connectivity index (χ0n) is 8.73. The van der Waals surface area contributed by atoms with Gasteiger partial charge in [-0.3, -0.25) is 4.79 Å². The van der Waals surface area contributed by atoms with Crippen molar-refractivity contribution in [3.63, 3.8) is 0 Å². The molecule has 0 aliphatic heterocycles. The molecular weight excluding hydrogens is 190 g/mol. The van der Waals surface area contributed by atoms with E-state index in [2.05, 4.69) is 12.2 Å². The standard InChI is InChI=1S/C12H15NO2/c1-8-6-10(8)12(15)13-11-5-3-2-4-9(11)7-14/h2-5,8,10,14H,6-7H2,1H3,(H,13,15). The molecule has 0 bridgehead atoms. The van der Waals surface area contributed by atoms with E-state index < -0.39 is 0 Å². The minimum Gasteiger partial charge on any atom is -0.392 e. The van der Waals surface area contributed by atoms with E-state index in [9.17, 15) is 4.79 Å². The second kappa shape index (κ2) is 4.03. The van der Waals surface area contributed by atoms with E-state index >= 15 is 0 Å². The number of nitrogens with one attached hydrogen (secondary N) is 1. The summed E-state index contributed by atoms with van der Waals surface area (Å²) in [6.07, 6.45) is 0.979. The first-order valence-electron chi connectivity index (χ1n) is 5.22. The molecule has 0 heterocycles. The van der Waals surface area contributed by atoms with Crippen molar-refractivity contribution >= 4 is 11.6 Å². The van der Waals surface area contributed by atoms with E-state index in [1.807, 2.05) is 24.3 Å². The third-order valence-electron chi connectivity index (χ3n) is 2.89. The number of benzene rings is 1. The summed E-state index contributed by atoms with van der Waals surface area (Å²) >= 11 is 0. The Bertz CT molecular complexity index is 376. The molecule has 0 saturated heterocycles. The smallest absolute Gasteiger partial charge is 0.227 e. The average Bonchev–Trinajstić information content (AvgIpc) is 2.96. The molecular formula is C12H15NO2. The van der Waals surface area contributed by atoms with Gasteiger partial charge in [0.2, 0.25) is 5.91 Å². The van der Waals surface area contributed by atoms with E-state index in [0.717, 1.165) is 17.7 Å². The molecule has 3 nitrogen and oxygen atoms in total. The van der Waals surface area contributed by atoms with Crippen molar-refractivity contribution in [3.05, 3.63) is 29.8 Å². The Hall–Kier alpha value is -1.35.